The van der Waals surface area contributed by atoms with Crippen molar-refractivity contribution in [2.45, 2.75) is 69.7 Å². The summed E-state index contributed by atoms with van der Waals surface area (Å²) in [4.78, 5) is 0. The topological polar surface area (TPSA) is 59.0 Å². The third-order valence-electron chi connectivity index (χ3n) is 6.58. The summed E-state index contributed by atoms with van der Waals surface area (Å²) in [5.74, 6) is 0.982. The lowest BCUT2D eigenvalue weighted by Crippen LogP contribution is -2.48. The van der Waals surface area contributed by atoms with Crippen LogP contribution in [-0.2, 0) is 11.8 Å². The van der Waals surface area contributed by atoms with Crippen LogP contribution in [0.1, 0.15) is 69.1 Å². The second-order valence-corrected chi connectivity index (χ2v) is 10.1. The Balaban J connectivity index is 1.94. The summed E-state index contributed by atoms with van der Waals surface area (Å²) >= 11 is 6.51. The van der Waals surface area contributed by atoms with Gasteiger partial charge in [-0.05, 0) is 66.5 Å². The predicted octanol–water partition coefficient (Wildman–Crippen LogP) is 6.55. The summed E-state index contributed by atoms with van der Waals surface area (Å²) in [6, 6.07) is 12.2. The molecule has 0 radical (unpaired) electrons. The molecule has 0 bridgehead atoms. The molecular weight excluding hydrogens is 411 g/mol. The summed E-state index contributed by atoms with van der Waals surface area (Å²) in [5.41, 5.74) is 8.53. The number of hydrogen-bond acceptors (Lipinski definition) is 3. The normalized spacial score (nSPS) is 16.7. The molecule has 0 aromatic heterocycles. The number of methoxy groups -OCH3 is 1. The molecule has 0 aliphatic heterocycles. The van der Waals surface area contributed by atoms with Gasteiger partial charge in [0.1, 0.15) is 11.6 Å². The number of ether oxygens (including phenoxy) is 1. The van der Waals surface area contributed by atoms with Crippen molar-refractivity contribution in [1.82, 2.24) is 0 Å². The molecule has 2 aromatic carbocycles. The van der Waals surface area contributed by atoms with E-state index in [2.05, 4.69) is 19.9 Å². The number of halogens is 2. The maximum absolute atomic E-state index is 14.1. The minimum atomic E-state index is -0.520. The summed E-state index contributed by atoms with van der Waals surface area (Å²) in [6.45, 7) is 4.20. The van der Waals surface area contributed by atoms with Crippen molar-refractivity contribution in [2.75, 3.05) is 7.11 Å². The van der Waals surface area contributed by atoms with Crippen molar-refractivity contribution in [1.29, 1.82) is 5.26 Å². The van der Waals surface area contributed by atoms with Crippen LogP contribution in [-0.4, -0.2) is 12.6 Å². The molecule has 2 aromatic rings. The molecule has 1 atom stereocenters. The summed E-state index contributed by atoms with van der Waals surface area (Å²) in [6.07, 6.45) is 7.05. The van der Waals surface area contributed by atoms with Gasteiger partial charge in [-0.1, -0.05) is 57.2 Å². The quantitative estimate of drug-likeness (QED) is 0.504. The molecule has 1 saturated carbocycles. The van der Waals surface area contributed by atoms with Gasteiger partial charge >= 0.3 is 0 Å². The standard InChI is InChI=1S/C26H32ClFN2O/c1-25(2,22-13-21(28)10-11-24(22)31-3)17-26(30,14-18-6-4-5-7-18)15-20-9-8-19(16-29)12-23(20)27/h8-13,18H,4-7,14-15,17,30H2,1-3H3. The Hall–Kier alpha value is -2.09. The predicted molar refractivity (Wildman–Crippen MR) is 124 cm³/mol. The van der Waals surface area contributed by atoms with Gasteiger partial charge in [-0.25, -0.2) is 4.39 Å². The van der Waals surface area contributed by atoms with E-state index in [9.17, 15) is 4.39 Å². The van der Waals surface area contributed by atoms with Gasteiger partial charge < -0.3 is 10.5 Å². The van der Waals surface area contributed by atoms with Gasteiger partial charge in [0.15, 0.2) is 0 Å². The number of nitrogens with zero attached hydrogens (tertiary/aromatic N) is 1. The molecule has 5 heteroatoms. The van der Waals surface area contributed by atoms with Crippen LogP contribution in [0.15, 0.2) is 36.4 Å². The number of rotatable bonds is 8. The molecular formula is C26H32ClFN2O. The van der Waals surface area contributed by atoms with E-state index in [0.717, 1.165) is 17.5 Å². The molecule has 3 nitrogen and oxygen atoms in total. The van der Waals surface area contributed by atoms with Crippen LogP contribution in [0.4, 0.5) is 4.39 Å². The molecule has 1 aliphatic carbocycles. The van der Waals surface area contributed by atoms with Gasteiger partial charge in [0.25, 0.3) is 0 Å². The maximum Gasteiger partial charge on any atom is 0.123 e. The fourth-order valence-corrected chi connectivity index (χ4v) is 5.57. The Morgan fingerprint density at radius 2 is 1.90 bits per heavy atom. The van der Waals surface area contributed by atoms with Gasteiger partial charge in [0.05, 0.1) is 18.7 Å². The molecule has 1 aliphatic rings. The molecule has 3 rings (SSSR count). The maximum atomic E-state index is 14.1. The van der Waals surface area contributed by atoms with E-state index in [-0.39, 0.29) is 5.82 Å². The van der Waals surface area contributed by atoms with E-state index in [1.54, 1.807) is 31.4 Å². The molecule has 0 spiro atoms. The lowest BCUT2D eigenvalue weighted by atomic mass is 9.69. The fourth-order valence-electron chi connectivity index (χ4n) is 5.32. The van der Waals surface area contributed by atoms with Gasteiger partial charge in [-0.2, -0.15) is 5.26 Å². The third kappa shape index (κ3) is 5.79. The van der Waals surface area contributed by atoms with Crippen molar-refractivity contribution in [3.8, 4) is 11.8 Å². The van der Waals surface area contributed by atoms with E-state index in [4.69, 9.17) is 27.3 Å². The molecule has 31 heavy (non-hydrogen) atoms. The van der Waals surface area contributed by atoms with Crippen LogP contribution in [0.25, 0.3) is 0 Å². The second-order valence-electron chi connectivity index (χ2n) is 9.72. The zero-order chi connectivity index (χ0) is 22.6. The second kappa shape index (κ2) is 9.59. The Morgan fingerprint density at radius 3 is 2.52 bits per heavy atom. The first kappa shape index (κ1) is 23.6. The van der Waals surface area contributed by atoms with E-state index < -0.39 is 11.0 Å². The molecule has 0 amide bonds. The Labute approximate surface area is 190 Å². The monoisotopic (exact) mass is 442 g/mol. The largest absolute Gasteiger partial charge is 0.496 e. The van der Waals surface area contributed by atoms with Crippen molar-refractivity contribution < 1.29 is 9.13 Å². The smallest absolute Gasteiger partial charge is 0.123 e. The minimum Gasteiger partial charge on any atom is -0.496 e. The van der Waals surface area contributed by atoms with Gasteiger partial charge in [0, 0.05) is 16.1 Å². The molecule has 166 valence electrons. The minimum absolute atomic E-state index is 0.280. The molecule has 1 unspecified atom stereocenters. The lowest BCUT2D eigenvalue weighted by molar-refractivity contribution is 0.242. The summed E-state index contributed by atoms with van der Waals surface area (Å²) in [7, 11) is 1.61. The van der Waals surface area contributed by atoms with Crippen LogP contribution >= 0.6 is 11.6 Å². The van der Waals surface area contributed by atoms with Crippen LogP contribution < -0.4 is 10.5 Å². The first-order chi connectivity index (χ1) is 14.7. The number of hydrogen-bond donors (Lipinski definition) is 1. The molecule has 1 fully saturated rings. The van der Waals surface area contributed by atoms with E-state index in [1.807, 2.05) is 6.07 Å². The van der Waals surface area contributed by atoms with Crippen LogP contribution in [0.5, 0.6) is 5.75 Å². The summed E-state index contributed by atoms with van der Waals surface area (Å²) in [5, 5.41) is 9.72. The van der Waals surface area contributed by atoms with Gasteiger partial charge in [-0.3, -0.25) is 0 Å². The van der Waals surface area contributed by atoms with Gasteiger partial charge in [-0.15, -0.1) is 0 Å². The lowest BCUT2D eigenvalue weighted by Gasteiger charge is -2.40. The van der Waals surface area contributed by atoms with Crippen LogP contribution in [0.2, 0.25) is 5.02 Å². The number of nitrogens with two attached hydrogens (primary N) is 1. The zero-order valence-corrected chi connectivity index (χ0v) is 19.4. The highest BCUT2D eigenvalue weighted by Crippen LogP contribution is 2.42. The highest BCUT2D eigenvalue weighted by atomic mass is 35.5. The number of nitriles is 1. The average Bonchev–Trinajstić information content (AvgIpc) is 3.21. The first-order valence-electron chi connectivity index (χ1n) is 11.0. The highest BCUT2D eigenvalue weighted by molar-refractivity contribution is 6.31. The van der Waals surface area contributed by atoms with Crippen LogP contribution in [0, 0.1) is 23.1 Å². The van der Waals surface area contributed by atoms with E-state index >= 15 is 0 Å². The van der Waals surface area contributed by atoms with Crippen LogP contribution in [0.3, 0.4) is 0 Å². The first-order valence-corrected chi connectivity index (χ1v) is 11.3. The van der Waals surface area contributed by atoms with E-state index in [0.29, 0.717) is 35.1 Å². The Bertz CT molecular complexity index is 962. The fraction of sp³-hybridized carbons (Fsp3) is 0.500. The Kier molecular flexibility index (Phi) is 7.29. The molecule has 2 N–H and O–H groups in total. The zero-order valence-electron chi connectivity index (χ0n) is 18.7. The van der Waals surface area contributed by atoms with Crippen molar-refractivity contribution in [3.63, 3.8) is 0 Å². The number of benzene rings is 2. The Morgan fingerprint density at radius 1 is 1.19 bits per heavy atom. The highest BCUT2D eigenvalue weighted by Gasteiger charge is 2.38. The molecule has 0 heterocycles. The summed E-state index contributed by atoms with van der Waals surface area (Å²) < 4.78 is 19.7. The van der Waals surface area contributed by atoms with Gasteiger partial charge in [0.2, 0.25) is 0 Å². The van der Waals surface area contributed by atoms with Crippen molar-refractivity contribution in [3.05, 3.63) is 63.9 Å². The average molecular weight is 443 g/mol. The SMILES string of the molecule is COc1ccc(F)cc1C(C)(C)CC(N)(Cc1ccc(C#N)cc1Cl)CC1CCCC1. The van der Waals surface area contributed by atoms with Crippen molar-refractivity contribution >= 4 is 11.6 Å². The van der Waals surface area contributed by atoms with Crippen molar-refractivity contribution in [2.24, 2.45) is 11.7 Å². The molecule has 0 saturated heterocycles. The van der Waals surface area contributed by atoms with E-state index in [1.165, 1.54) is 31.7 Å². The third-order valence-corrected chi connectivity index (χ3v) is 6.93.